The van der Waals surface area contributed by atoms with E-state index in [2.05, 4.69) is 15.4 Å². The van der Waals surface area contributed by atoms with E-state index in [0.29, 0.717) is 17.9 Å². The van der Waals surface area contributed by atoms with E-state index in [1.807, 2.05) is 6.92 Å². The van der Waals surface area contributed by atoms with E-state index in [1.54, 1.807) is 17.0 Å². The first-order valence-electron chi connectivity index (χ1n) is 13.4. The van der Waals surface area contributed by atoms with Crippen molar-refractivity contribution in [1.82, 2.24) is 24.8 Å². The molecule has 208 valence electrons. The zero-order valence-corrected chi connectivity index (χ0v) is 22.1. The van der Waals surface area contributed by atoms with Crippen LogP contribution in [0.2, 0.25) is 0 Å². The number of hydrogen-bond donors (Lipinski definition) is 2. The van der Waals surface area contributed by atoms with Gasteiger partial charge in [-0.15, -0.1) is 5.10 Å². The second-order valence-electron chi connectivity index (χ2n) is 10.8. The number of alkyl halides is 3. The van der Waals surface area contributed by atoms with Gasteiger partial charge in [-0.1, -0.05) is 19.3 Å². The summed E-state index contributed by atoms with van der Waals surface area (Å²) in [5.41, 5.74) is 6.51. The van der Waals surface area contributed by atoms with E-state index in [-0.39, 0.29) is 52.5 Å². The van der Waals surface area contributed by atoms with Crippen LogP contribution in [0.15, 0.2) is 24.4 Å². The Morgan fingerprint density at radius 2 is 1.95 bits per heavy atom. The van der Waals surface area contributed by atoms with E-state index < -0.39 is 17.6 Å². The van der Waals surface area contributed by atoms with Gasteiger partial charge in [0.25, 0.3) is 5.91 Å². The summed E-state index contributed by atoms with van der Waals surface area (Å²) in [7, 11) is 0. The molecule has 11 heteroatoms. The van der Waals surface area contributed by atoms with Crippen LogP contribution in [0.3, 0.4) is 0 Å². The smallest absolute Gasteiger partial charge is 0.381 e. The van der Waals surface area contributed by atoms with Crippen molar-refractivity contribution in [2.45, 2.75) is 83.6 Å². The highest BCUT2D eigenvalue weighted by atomic mass is 19.4. The van der Waals surface area contributed by atoms with Crippen LogP contribution in [0.5, 0.6) is 0 Å². The highest BCUT2D eigenvalue weighted by Gasteiger charge is 2.36. The van der Waals surface area contributed by atoms with Crippen LogP contribution in [0.25, 0.3) is 16.9 Å². The normalized spacial score (nSPS) is 17.3. The molecule has 1 atom stereocenters. The molecule has 2 saturated carbocycles. The van der Waals surface area contributed by atoms with Crippen molar-refractivity contribution in [1.29, 1.82) is 0 Å². The molecule has 1 unspecified atom stereocenters. The maximum atomic E-state index is 14.1. The van der Waals surface area contributed by atoms with E-state index >= 15 is 0 Å². The Labute approximate surface area is 224 Å². The molecular formula is C28H33F3N6O2. The molecule has 3 N–H and O–H groups in total. The number of nitrogen functional groups attached to an aromatic ring is 1. The van der Waals surface area contributed by atoms with Gasteiger partial charge < -0.3 is 16.0 Å². The second kappa shape index (κ2) is 10.5. The molecule has 2 fully saturated rings. The lowest BCUT2D eigenvalue weighted by atomic mass is 9.95. The molecule has 5 rings (SSSR count). The van der Waals surface area contributed by atoms with Gasteiger partial charge in [-0.3, -0.25) is 9.59 Å². The average molecular weight is 543 g/mol. The Morgan fingerprint density at radius 1 is 1.23 bits per heavy atom. The summed E-state index contributed by atoms with van der Waals surface area (Å²) in [5.74, 6) is -0.0186. The quantitative estimate of drug-likeness (QED) is 0.384. The standard InChI is InChI=1S/C28H33F3N6O2/c1-16-20(14-36(15-38)17(2)18-8-9-18)12-19(13-22(16)28(29,30)31)23-10-11-37-26(34-23)24(25(32)35-37)27(39)33-21-6-4-3-5-7-21/h10-13,15,17-18,21H,3-9,14H2,1-2H3,(H2,32,35)(H,33,39). The Hall–Kier alpha value is -3.63. The van der Waals surface area contributed by atoms with Crippen LogP contribution >= 0.6 is 0 Å². The maximum absolute atomic E-state index is 14.1. The molecule has 1 aromatic carbocycles. The predicted molar refractivity (Wildman–Crippen MR) is 141 cm³/mol. The van der Waals surface area contributed by atoms with Gasteiger partial charge in [-0.05, 0) is 74.8 Å². The zero-order chi connectivity index (χ0) is 27.9. The topological polar surface area (TPSA) is 106 Å². The number of benzene rings is 1. The average Bonchev–Trinajstić information content (AvgIpc) is 3.69. The van der Waals surface area contributed by atoms with E-state index in [1.165, 1.54) is 17.6 Å². The van der Waals surface area contributed by atoms with Crippen LogP contribution in [0.4, 0.5) is 19.0 Å². The fraction of sp³-hybridized carbons (Fsp3) is 0.500. The Balaban J connectivity index is 1.54. The van der Waals surface area contributed by atoms with Crippen LogP contribution in [-0.2, 0) is 17.5 Å². The third-order valence-electron chi connectivity index (χ3n) is 8.11. The summed E-state index contributed by atoms with van der Waals surface area (Å²) in [6.07, 6.45) is 4.63. The first-order valence-corrected chi connectivity index (χ1v) is 13.4. The lowest BCUT2D eigenvalue weighted by Crippen LogP contribution is -2.36. The molecule has 2 aliphatic carbocycles. The molecule has 8 nitrogen and oxygen atoms in total. The van der Waals surface area contributed by atoms with Crippen molar-refractivity contribution in [3.63, 3.8) is 0 Å². The Kier molecular flexibility index (Phi) is 7.26. The summed E-state index contributed by atoms with van der Waals surface area (Å²) in [6.45, 7) is 3.41. The Morgan fingerprint density at radius 3 is 2.59 bits per heavy atom. The number of carbonyl (C=O) groups excluding carboxylic acids is 2. The van der Waals surface area contributed by atoms with E-state index in [9.17, 15) is 22.8 Å². The number of hydrogen-bond acceptors (Lipinski definition) is 5. The third-order valence-corrected chi connectivity index (χ3v) is 8.11. The molecule has 0 spiro atoms. The van der Waals surface area contributed by atoms with Crippen molar-refractivity contribution < 1.29 is 22.8 Å². The number of nitrogens with one attached hydrogen (secondary N) is 1. The largest absolute Gasteiger partial charge is 0.416 e. The van der Waals surface area contributed by atoms with Crippen molar-refractivity contribution in [2.24, 2.45) is 5.92 Å². The third kappa shape index (κ3) is 5.58. The summed E-state index contributed by atoms with van der Waals surface area (Å²) >= 11 is 0. The Bertz CT molecular complexity index is 1390. The summed E-state index contributed by atoms with van der Waals surface area (Å²) in [4.78, 5) is 31.1. The van der Waals surface area contributed by atoms with Crippen molar-refractivity contribution >= 4 is 23.8 Å². The molecule has 2 aliphatic rings. The van der Waals surface area contributed by atoms with Crippen LogP contribution in [0, 0.1) is 12.8 Å². The van der Waals surface area contributed by atoms with Gasteiger partial charge in [0.1, 0.15) is 5.56 Å². The molecule has 2 heterocycles. The molecule has 0 radical (unpaired) electrons. The van der Waals surface area contributed by atoms with Gasteiger partial charge in [-0.2, -0.15) is 13.2 Å². The lowest BCUT2D eigenvalue weighted by molar-refractivity contribution is -0.138. The van der Waals surface area contributed by atoms with E-state index in [0.717, 1.165) is 51.0 Å². The van der Waals surface area contributed by atoms with Crippen molar-refractivity contribution in [3.05, 3.63) is 46.6 Å². The maximum Gasteiger partial charge on any atom is 0.416 e. The lowest BCUT2D eigenvalue weighted by Gasteiger charge is -2.27. The molecular weight excluding hydrogens is 509 g/mol. The van der Waals surface area contributed by atoms with Gasteiger partial charge in [-0.25, -0.2) is 9.50 Å². The van der Waals surface area contributed by atoms with Crippen LogP contribution < -0.4 is 11.1 Å². The van der Waals surface area contributed by atoms with Gasteiger partial charge in [0.15, 0.2) is 11.5 Å². The number of nitrogens with two attached hydrogens (primary N) is 1. The molecule has 2 amide bonds. The van der Waals surface area contributed by atoms with Crippen molar-refractivity contribution in [2.75, 3.05) is 5.73 Å². The molecule has 0 bridgehead atoms. The van der Waals surface area contributed by atoms with E-state index in [4.69, 9.17) is 5.73 Å². The molecule has 39 heavy (non-hydrogen) atoms. The predicted octanol–water partition coefficient (Wildman–Crippen LogP) is 5.13. The van der Waals surface area contributed by atoms with Gasteiger partial charge in [0, 0.05) is 30.4 Å². The minimum Gasteiger partial charge on any atom is -0.381 e. The van der Waals surface area contributed by atoms with Crippen LogP contribution in [0.1, 0.15) is 78.9 Å². The summed E-state index contributed by atoms with van der Waals surface area (Å²) in [5, 5.41) is 7.20. The van der Waals surface area contributed by atoms with Gasteiger partial charge >= 0.3 is 6.18 Å². The SMILES string of the molecule is Cc1c(CN(C=O)C(C)C2CC2)cc(-c2ccn3nc(N)c(C(=O)NC4CCCCC4)c3n2)cc1C(F)(F)F. The number of nitrogens with zero attached hydrogens (tertiary/aromatic N) is 4. The number of rotatable bonds is 8. The minimum absolute atomic E-state index is 0.00391. The highest BCUT2D eigenvalue weighted by molar-refractivity contribution is 6.04. The minimum atomic E-state index is -4.60. The monoisotopic (exact) mass is 542 g/mol. The second-order valence-corrected chi connectivity index (χ2v) is 10.8. The number of carbonyl (C=O) groups is 2. The zero-order valence-electron chi connectivity index (χ0n) is 22.1. The summed E-state index contributed by atoms with van der Waals surface area (Å²) in [6, 6.07) is 4.22. The number of fused-ring (bicyclic) bond motifs is 1. The molecule has 0 aliphatic heterocycles. The summed E-state index contributed by atoms with van der Waals surface area (Å²) < 4.78 is 43.7. The number of amides is 2. The fourth-order valence-corrected chi connectivity index (χ4v) is 5.53. The number of aromatic nitrogens is 3. The highest BCUT2D eigenvalue weighted by Crippen LogP contribution is 2.39. The first kappa shape index (κ1) is 27.0. The molecule has 0 saturated heterocycles. The molecule has 2 aromatic heterocycles. The van der Waals surface area contributed by atoms with Gasteiger partial charge in [0.2, 0.25) is 6.41 Å². The molecule has 3 aromatic rings. The first-order chi connectivity index (χ1) is 18.6. The number of anilines is 1. The van der Waals surface area contributed by atoms with Crippen molar-refractivity contribution in [3.8, 4) is 11.3 Å². The van der Waals surface area contributed by atoms with Gasteiger partial charge in [0.05, 0.1) is 11.3 Å². The number of halogens is 3. The fourth-order valence-electron chi connectivity index (χ4n) is 5.53. The van der Waals surface area contributed by atoms with Crippen LogP contribution in [-0.4, -0.2) is 43.9 Å².